The van der Waals surface area contributed by atoms with E-state index >= 15 is 0 Å². The summed E-state index contributed by atoms with van der Waals surface area (Å²) in [7, 11) is 0. The van der Waals surface area contributed by atoms with E-state index in [0.717, 1.165) is 22.1 Å². The summed E-state index contributed by atoms with van der Waals surface area (Å²) in [6.07, 6.45) is 0. The predicted octanol–water partition coefficient (Wildman–Crippen LogP) is 3.43. The fraction of sp³-hybridized carbons (Fsp3) is 0.222. The van der Waals surface area contributed by atoms with E-state index in [0.29, 0.717) is 39.3 Å². The van der Waals surface area contributed by atoms with Gasteiger partial charge in [0.15, 0.2) is 0 Å². The normalized spacial score (nSPS) is 9.65. The Morgan fingerprint density at radius 3 is 1.43 bits per heavy atom. The number of hydrogen-bond acceptors (Lipinski definition) is 4. The molecule has 0 atom stereocenters. The first-order valence-corrected chi connectivity index (χ1v) is 9.58. The van der Waals surface area contributed by atoms with E-state index in [1.54, 1.807) is 24.3 Å². The summed E-state index contributed by atoms with van der Waals surface area (Å²) in [5.74, 6) is 1.60. The Hall–Kier alpha value is -2.46. The molecule has 2 aromatic rings. The van der Waals surface area contributed by atoms with Crippen molar-refractivity contribution in [3.05, 3.63) is 59.7 Å². The molecule has 0 fully saturated rings. The van der Waals surface area contributed by atoms with Crippen LogP contribution >= 0.6 is 0 Å². The van der Waals surface area contributed by atoms with Gasteiger partial charge in [-0.1, -0.05) is 0 Å². The Morgan fingerprint density at radius 1 is 0.696 bits per heavy atom. The number of hydrogen-bond donors (Lipinski definition) is 0. The van der Waals surface area contributed by atoms with Crippen molar-refractivity contribution < 1.29 is 9.47 Å². The molecule has 0 N–H and O–H groups in total. The Bertz CT molecular complexity index is 623. The van der Waals surface area contributed by atoms with Gasteiger partial charge in [-0.3, -0.25) is 0 Å². The van der Waals surface area contributed by atoms with Crippen molar-refractivity contribution in [2.24, 2.45) is 0 Å². The Morgan fingerprint density at radius 2 is 1.09 bits per heavy atom. The van der Waals surface area contributed by atoms with Gasteiger partial charge in [0, 0.05) is 0 Å². The van der Waals surface area contributed by atoms with Crippen LogP contribution in [0.1, 0.15) is 11.1 Å². The molecule has 2 rings (SSSR count). The predicted molar refractivity (Wildman–Crippen MR) is 88.7 cm³/mol. The minimum absolute atomic E-state index is 0.471. The Labute approximate surface area is 142 Å². The van der Waals surface area contributed by atoms with Crippen LogP contribution in [0.15, 0.2) is 48.5 Å². The summed E-state index contributed by atoms with van der Waals surface area (Å²) >= 11 is 0.471. The third-order valence-corrected chi connectivity index (χ3v) is 4.87. The van der Waals surface area contributed by atoms with Gasteiger partial charge in [-0.2, -0.15) is 0 Å². The topological polar surface area (TPSA) is 66.0 Å². The van der Waals surface area contributed by atoms with E-state index in [-0.39, 0.29) is 0 Å². The SMILES string of the molecule is N#Cc1ccc(OCC[Se]CCOc2ccc(C#N)cc2)cc1. The van der Waals surface area contributed by atoms with Crippen LogP contribution in [0.5, 0.6) is 11.5 Å². The molecule has 0 saturated heterocycles. The van der Waals surface area contributed by atoms with Crippen LogP contribution in [0.3, 0.4) is 0 Å². The summed E-state index contributed by atoms with van der Waals surface area (Å²) in [6, 6.07) is 18.5. The van der Waals surface area contributed by atoms with Crippen molar-refractivity contribution in [1.29, 1.82) is 10.5 Å². The van der Waals surface area contributed by atoms with Gasteiger partial charge in [-0.15, -0.1) is 0 Å². The second kappa shape index (κ2) is 9.54. The molecule has 4 nitrogen and oxygen atoms in total. The molecule has 0 amide bonds. The fourth-order valence-electron chi connectivity index (χ4n) is 1.79. The van der Waals surface area contributed by atoms with Crippen molar-refractivity contribution in [2.75, 3.05) is 13.2 Å². The molecule has 0 saturated carbocycles. The van der Waals surface area contributed by atoms with Crippen molar-refractivity contribution in [3.8, 4) is 23.6 Å². The average molecular weight is 371 g/mol. The Balaban J connectivity index is 1.55. The van der Waals surface area contributed by atoms with Crippen molar-refractivity contribution >= 4 is 15.0 Å². The number of nitrogens with zero attached hydrogens (tertiary/aromatic N) is 2. The zero-order valence-corrected chi connectivity index (χ0v) is 14.3. The molecule has 5 heteroatoms. The first-order chi connectivity index (χ1) is 11.3. The first kappa shape index (κ1) is 16.9. The summed E-state index contributed by atoms with van der Waals surface area (Å²) < 4.78 is 11.3. The van der Waals surface area contributed by atoms with Gasteiger partial charge in [-0.05, 0) is 0 Å². The van der Waals surface area contributed by atoms with Gasteiger partial charge in [-0.25, -0.2) is 0 Å². The molecule has 0 spiro atoms. The quantitative estimate of drug-likeness (QED) is 0.527. The summed E-state index contributed by atoms with van der Waals surface area (Å²) in [4.78, 5) is 0. The number of benzene rings is 2. The molecule has 0 bridgehead atoms. The molecular weight excluding hydrogens is 355 g/mol. The van der Waals surface area contributed by atoms with E-state index < -0.39 is 0 Å². The molecule has 0 heterocycles. The van der Waals surface area contributed by atoms with E-state index in [1.807, 2.05) is 24.3 Å². The van der Waals surface area contributed by atoms with Crippen LogP contribution in [0, 0.1) is 22.7 Å². The Kier molecular flexibility index (Phi) is 7.01. The summed E-state index contributed by atoms with van der Waals surface area (Å²) in [5, 5.41) is 19.5. The van der Waals surface area contributed by atoms with Crippen LogP contribution in [0.25, 0.3) is 0 Å². The molecule has 2 aromatic carbocycles. The van der Waals surface area contributed by atoms with Crippen LogP contribution in [-0.4, -0.2) is 28.2 Å². The molecule has 116 valence electrons. The van der Waals surface area contributed by atoms with Crippen LogP contribution < -0.4 is 9.47 Å². The molecule has 0 aliphatic carbocycles. The van der Waals surface area contributed by atoms with Gasteiger partial charge in [0.25, 0.3) is 0 Å². The summed E-state index contributed by atoms with van der Waals surface area (Å²) in [5.41, 5.74) is 1.28. The number of nitriles is 2. The van der Waals surface area contributed by atoms with E-state index in [9.17, 15) is 0 Å². The fourth-order valence-corrected chi connectivity index (χ4v) is 3.06. The molecule has 0 aromatic heterocycles. The van der Waals surface area contributed by atoms with Crippen LogP contribution in [0.4, 0.5) is 0 Å². The molecular formula is C18H16N2O2Se. The first-order valence-electron chi connectivity index (χ1n) is 7.15. The van der Waals surface area contributed by atoms with Crippen molar-refractivity contribution in [1.82, 2.24) is 0 Å². The van der Waals surface area contributed by atoms with Gasteiger partial charge in [0.2, 0.25) is 0 Å². The van der Waals surface area contributed by atoms with E-state index in [2.05, 4.69) is 12.1 Å². The second-order valence-corrected chi connectivity index (χ2v) is 7.15. The van der Waals surface area contributed by atoms with E-state index in [1.165, 1.54) is 0 Å². The molecule has 0 unspecified atom stereocenters. The van der Waals surface area contributed by atoms with Crippen LogP contribution in [0.2, 0.25) is 10.6 Å². The minimum atomic E-state index is 0.471. The molecule has 0 radical (unpaired) electrons. The van der Waals surface area contributed by atoms with Gasteiger partial charge in [0.05, 0.1) is 0 Å². The zero-order valence-electron chi connectivity index (χ0n) is 12.6. The van der Waals surface area contributed by atoms with Gasteiger partial charge < -0.3 is 0 Å². The molecule has 23 heavy (non-hydrogen) atoms. The van der Waals surface area contributed by atoms with Crippen molar-refractivity contribution in [3.63, 3.8) is 0 Å². The third kappa shape index (κ3) is 6.04. The second-order valence-electron chi connectivity index (χ2n) is 4.58. The molecule has 0 aliphatic rings. The van der Waals surface area contributed by atoms with Crippen LogP contribution in [-0.2, 0) is 0 Å². The third-order valence-electron chi connectivity index (χ3n) is 2.96. The van der Waals surface area contributed by atoms with Gasteiger partial charge in [0.1, 0.15) is 0 Å². The maximum atomic E-state index is 8.72. The maximum absolute atomic E-state index is 8.72. The number of ether oxygens (including phenoxy) is 2. The van der Waals surface area contributed by atoms with Crippen molar-refractivity contribution in [2.45, 2.75) is 10.6 Å². The van der Waals surface area contributed by atoms with Gasteiger partial charge >= 0.3 is 142 Å². The number of rotatable bonds is 8. The molecule has 0 aliphatic heterocycles. The summed E-state index contributed by atoms with van der Waals surface area (Å²) in [6.45, 7) is 1.37. The van der Waals surface area contributed by atoms with E-state index in [4.69, 9.17) is 20.0 Å². The zero-order chi connectivity index (χ0) is 16.3. The monoisotopic (exact) mass is 372 g/mol. The standard InChI is InChI=1S/C18H16N2O2Se/c19-13-15-1-5-17(6-2-15)21-9-11-23-12-10-22-18-7-3-16(14-20)4-8-18/h1-8H,9-12H2. The average Bonchev–Trinajstić information content (AvgIpc) is 2.62.